The topological polar surface area (TPSA) is 90.6 Å². The molecule has 0 aromatic carbocycles. The van der Waals surface area contributed by atoms with E-state index in [-0.39, 0.29) is 13.2 Å². The molecule has 1 amide bonds. The molecule has 0 aromatic heterocycles. The largest absolute Gasteiger partial charge is 0.468 e. The Labute approximate surface area is 76.4 Å². The summed E-state index contributed by atoms with van der Waals surface area (Å²) in [4.78, 5) is 21.6. The monoisotopic (exact) mass is 190 g/mol. The molecule has 0 aliphatic rings. The number of methoxy groups -OCH3 is 2. The lowest BCUT2D eigenvalue weighted by Gasteiger charge is -2.09. The number of esters is 1. The molecule has 0 bridgehead atoms. The maximum atomic E-state index is 11.0. The Balaban J connectivity index is 3.67. The third-order valence-corrected chi connectivity index (χ3v) is 1.32. The molecule has 1 unspecified atom stereocenters. The van der Waals surface area contributed by atoms with Gasteiger partial charge in [0.15, 0.2) is 0 Å². The maximum Gasteiger partial charge on any atom is 0.325 e. The molecule has 0 aliphatic carbocycles. The van der Waals surface area contributed by atoms with E-state index in [2.05, 4.69) is 14.8 Å². The van der Waals surface area contributed by atoms with Crippen LogP contribution in [0.1, 0.15) is 0 Å². The summed E-state index contributed by atoms with van der Waals surface area (Å²) in [6, 6.07) is -0.755. The number of amides is 1. The molecule has 3 N–H and O–H groups in total. The van der Waals surface area contributed by atoms with Crippen LogP contribution in [0.25, 0.3) is 0 Å². The summed E-state index contributed by atoms with van der Waals surface area (Å²) in [6.45, 7) is -0.0558. The second-order valence-corrected chi connectivity index (χ2v) is 2.36. The van der Waals surface area contributed by atoms with Gasteiger partial charge < -0.3 is 20.5 Å². The Hall–Kier alpha value is -1.14. The van der Waals surface area contributed by atoms with Gasteiger partial charge in [-0.2, -0.15) is 0 Å². The zero-order valence-corrected chi connectivity index (χ0v) is 7.70. The average molecular weight is 190 g/mol. The van der Waals surface area contributed by atoms with Gasteiger partial charge >= 0.3 is 5.97 Å². The number of carbonyl (C=O) groups excluding carboxylic acids is 2. The molecule has 0 aromatic rings. The predicted octanol–water partition coefficient (Wildman–Crippen LogP) is -1.75. The second kappa shape index (κ2) is 6.38. The van der Waals surface area contributed by atoms with Crippen LogP contribution in [0, 0.1) is 0 Å². The number of carbonyl (C=O) groups is 2. The van der Waals surface area contributed by atoms with Crippen LogP contribution in [-0.4, -0.2) is 45.3 Å². The Morgan fingerprint density at radius 1 is 1.46 bits per heavy atom. The minimum absolute atomic E-state index is 0.118. The van der Waals surface area contributed by atoms with E-state index in [1.165, 1.54) is 14.2 Å². The van der Waals surface area contributed by atoms with Gasteiger partial charge in [0.2, 0.25) is 5.91 Å². The van der Waals surface area contributed by atoms with E-state index in [1.54, 1.807) is 0 Å². The van der Waals surface area contributed by atoms with Gasteiger partial charge in [-0.05, 0) is 0 Å². The summed E-state index contributed by atoms with van der Waals surface area (Å²) in [5.41, 5.74) is 5.37. The number of nitrogens with two attached hydrogens (primary N) is 1. The summed E-state index contributed by atoms with van der Waals surface area (Å²) < 4.78 is 8.97. The minimum atomic E-state index is -0.755. The maximum absolute atomic E-state index is 11.0. The first-order chi connectivity index (χ1) is 6.11. The van der Waals surface area contributed by atoms with E-state index in [9.17, 15) is 9.59 Å². The number of hydrogen-bond acceptors (Lipinski definition) is 5. The van der Waals surface area contributed by atoms with E-state index in [1.807, 2.05) is 0 Å². The molecule has 0 saturated heterocycles. The molecule has 0 heterocycles. The van der Waals surface area contributed by atoms with Crippen molar-refractivity contribution in [2.24, 2.45) is 5.73 Å². The highest BCUT2D eigenvalue weighted by Crippen LogP contribution is 1.80. The molecule has 0 aliphatic heterocycles. The molecule has 0 spiro atoms. The zero-order valence-electron chi connectivity index (χ0n) is 7.70. The van der Waals surface area contributed by atoms with Crippen molar-refractivity contribution in [1.82, 2.24) is 5.32 Å². The Kier molecular flexibility index (Phi) is 5.82. The van der Waals surface area contributed by atoms with Crippen molar-refractivity contribution < 1.29 is 19.1 Å². The van der Waals surface area contributed by atoms with Crippen molar-refractivity contribution in [2.45, 2.75) is 6.04 Å². The molecule has 6 nitrogen and oxygen atoms in total. The summed E-state index contributed by atoms with van der Waals surface area (Å²) >= 11 is 0. The lowest BCUT2D eigenvalue weighted by Crippen LogP contribution is -2.45. The molecule has 0 radical (unpaired) electrons. The van der Waals surface area contributed by atoms with Gasteiger partial charge in [0, 0.05) is 7.11 Å². The van der Waals surface area contributed by atoms with Gasteiger partial charge in [-0.25, -0.2) is 0 Å². The number of nitrogens with one attached hydrogen (secondary N) is 1. The van der Waals surface area contributed by atoms with Crippen LogP contribution in [0.2, 0.25) is 0 Å². The first kappa shape index (κ1) is 11.9. The second-order valence-electron chi connectivity index (χ2n) is 2.36. The van der Waals surface area contributed by atoms with E-state index >= 15 is 0 Å². The van der Waals surface area contributed by atoms with Crippen molar-refractivity contribution in [3.8, 4) is 0 Å². The van der Waals surface area contributed by atoms with E-state index in [0.29, 0.717) is 0 Å². The first-order valence-electron chi connectivity index (χ1n) is 3.70. The quantitative estimate of drug-likeness (QED) is 0.502. The third-order valence-electron chi connectivity index (χ3n) is 1.32. The van der Waals surface area contributed by atoms with E-state index in [4.69, 9.17) is 5.73 Å². The first-order valence-corrected chi connectivity index (χ1v) is 3.70. The highest BCUT2D eigenvalue weighted by atomic mass is 16.5. The van der Waals surface area contributed by atoms with Gasteiger partial charge in [-0.1, -0.05) is 0 Å². The van der Waals surface area contributed by atoms with Crippen LogP contribution in [0.15, 0.2) is 0 Å². The SMILES string of the molecule is COCC(N)C(=O)NCC(=O)OC. The molecule has 1 atom stereocenters. The molecule has 6 heteroatoms. The summed E-state index contributed by atoms with van der Waals surface area (Å²) in [6.07, 6.45) is 0. The summed E-state index contributed by atoms with van der Waals surface area (Å²) in [7, 11) is 2.68. The zero-order chi connectivity index (χ0) is 10.3. The van der Waals surface area contributed by atoms with Crippen molar-refractivity contribution in [3.63, 3.8) is 0 Å². The lowest BCUT2D eigenvalue weighted by atomic mass is 10.3. The predicted molar refractivity (Wildman–Crippen MR) is 44.9 cm³/mol. The van der Waals surface area contributed by atoms with Crippen molar-refractivity contribution in [3.05, 3.63) is 0 Å². The Morgan fingerprint density at radius 2 is 2.08 bits per heavy atom. The average Bonchev–Trinajstić information content (AvgIpc) is 2.13. The number of ether oxygens (including phenoxy) is 2. The van der Waals surface area contributed by atoms with Gasteiger partial charge in [-0.3, -0.25) is 9.59 Å². The number of hydrogen-bond donors (Lipinski definition) is 2. The Morgan fingerprint density at radius 3 is 2.54 bits per heavy atom. The molecule has 0 saturated carbocycles. The highest BCUT2D eigenvalue weighted by molar-refractivity contribution is 5.85. The van der Waals surface area contributed by atoms with E-state index in [0.717, 1.165) is 0 Å². The molecule has 0 rings (SSSR count). The normalized spacial score (nSPS) is 11.9. The molecular weight excluding hydrogens is 176 g/mol. The van der Waals surface area contributed by atoms with Crippen molar-refractivity contribution in [2.75, 3.05) is 27.4 Å². The van der Waals surface area contributed by atoms with E-state index < -0.39 is 17.9 Å². The van der Waals surface area contributed by atoms with Gasteiger partial charge in [-0.15, -0.1) is 0 Å². The molecule has 76 valence electrons. The van der Waals surface area contributed by atoms with Gasteiger partial charge in [0.05, 0.1) is 13.7 Å². The smallest absolute Gasteiger partial charge is 0.325 e. The van der Waals surface area contributed by atoms with Gasteiger partial charge in [0.1, 0.15) is 12.6 Å². The molecular formula is C7H14N2O4. The van der Waals surface area contributed by atoms with Crippen LogP contribution in [0.3, 0.4) is 0 Å². The molecule has 0 fully saturated rings. The van der Waals surface area contributed by atoms with Crippen LogP contribution >= 0.6 is 0 Å². The van der Waals surface area contributed by atoms with Crippen molar-refractivity contribution in [1.29, 1.82) is 0 Å². The summed E-state index contributed by atoms with van der Waals surface area (Å²) in [5, 5.41) is 2.30. The third kappa shape index (κ3) is 5.15. The van der Waals surface area contributed by atoms with Gasteiger partial charge in [0.25, 0.3) is 0 Å². The van der Waals surface area contributed by atoms with Crippen molar-refractivity contribution >= 4 is 11.9 Å². The summed E-state index contributed by atoms with van der Waals surface area (Å²) in [5.74, 6) is -0.954. The highest BCUT2D eigenvalue weighted by Gasteiger charge is 2.13. The standard InChI is InChI=1S/C7H14N2O4/c1-12-4-5(8)7(11)9-3-6(10)13-2/h5H,3-4,8H2,1-2H3,(H,9,11). The Bertz CT molecular complexity index is 183. The van der Waals surface area contributed by atoms with Crippen LogP contribution in [-0.2, 0) is 19.1 Å². The van der Waals surface area contributed by atoms with Crippen LogP contribution in [0.4, 0.5) is 0 Å². The fraction of sp³-hybridized carbons (Fsp3) is 0.714. The minimum Gasteiger partial charge on any atom is -0.468 e. The fourth-order valence-corrected chi connectivity index (χ4v) is 0.618. The van der Waals surface area contributed by atoms with Crippen LogP contribution in [0.5, 0.6) is 0 Å². The van der Waals surface area contributed by atoms with Crippen LogP contribution < -0.4 is 11.1 Å². The number of rotatable bonds is 5. The lowest BCUT2D eigenvalue weighted by molar-refractivity contribution is -0.141. The molecule has 13 heavy (non-hydrogen) atoms. The fourth-order valence-electron chi connectivity index (χ4n) is 0.618.